The third kappa shape index (κ3) is 4.13. The molecule has 3 nitrogen and oxygen atoms in total. The van der Waals surface area contributed by atoms with Crippen molar-refractivity contribution >= 4 is 5.97 Å². The van der Waals surface area contributed by atoms with Gasteiger partial charge in [0.25, 0.3) is 0 Å². The lowest BCUT2D eigenvalue weighted by molar-refractivity contribution is -0.153. The van der Waals surface area contributed by atoms with Gasteiger partial charge in [0.2, 0.25) is 0 Å². The molecule has 0 aliphatic rings. The largest absolute Gasteiger partial charge is 0.479 e. The van der Waals surface area contributed by atoms with E-state index in [1.807, 2.05) is 13.8 Å². The molecule has 0 saturated heterocycles. The molecular weight excluding hydrogens is 156 g/mol. The summed E-state index contributed by atoms with van der Waals surface area (Å²) < 4.78 is 5.13. The fourth-order valence-corrected chi connectivity index (χ4v) is 0.827. The third-order valence-electron chi connectivity index (χ3n) is 1.47. The van der Waals surface area contributed by atoms with Crippen LogP contribution in [0.15, 0.2) is 12.7 Å². The Bertz CT molecular complexity index is 152. The molecule has 70 valence electrons. The average molecular weight is 172 g/mol. The van der Waals surface area contributed by atoms with Gasteiger partial charge in [0.1, 0.15) is 0 Å². The van der Waals surface area contributed by atoms with Crippen LogP contribution in [0, 0.1) is 5.92 Å². The maximum atomic E-state index is 10.6. The maximum Gasteiger partial charge on any atom is 0.333 e. The highest BCUT2D eigenvalue weighted by Crippen LogP contribution is 2.06. The minimum atomic E-state index is -0.894. The van der Waals surface area contributed by atoms with E-state index in [4.69, 9.17) is 9.84 Å². The van der Waals surface area contributed by atoms with E-state index in [9.17, 15) is 4.79 Å². The Balaban J connectivity index is 3.79. The SMILES string of the molecule is C=CCCOC(C(=O)O)C(C)C. The monoisotopic (exact) mass is 172 g/mol. The van der Waals surface area contributed by atoms with Crippen molar-refractivity contribution < 1.29 is 14.6 Å². The number of carboxylic acid groups (broad SMARTS) is 1. The lowest BCUT2D eigenvalue weighted by Gasteiger charge is -2.16. The zero-order chi connectivity index (χ0) is 9.56. The van der Waals surface area contributed by atoms with E-state index in [0.29, 0.717) is 13.0 Å². The highest BCUT2D eigenvalue weighted by molar-refractivity contribution is 5.72. The number of aliphatic carboxylic acids is 1. The topological polar surface area (TPSA) is 46.5 Å². The summed E-state index contributed by atoms with van der Waals surface area (Å²) in [7, 11) is 0. The first-order chi connectivity index (χ1) is 5.59. The van der Waals surface area contributed by atoms with Crippen LogP contribution in [0.3, 0.4) is 0 Å². The van der Waals surface area contributed by atoms with Crippen molar-refractivity contribution in [3.63, 3.8) is 0 Å². The van der Waals surface area contributed by atoms with Crippen LogP contribution in [0.4, 0.5) is 0 Å². The maximum absolute atomic E-state index is 10.6. The predicted molar refractivity (Wildman–Crippen MR) is 47.0 cm³/mol. The Morgan fingerprint density at radius 3 is 2.58 bits per heavy atom. The van der Waals surface area contributed by atoms with Crippen LogP contribution < -0.4 is 0 Å². The summed E-state index contributed by atoms with van der Waals surface area (Å²) in [6.45, 7) is 7.60. The Hall–Kier alpha value is -0.830. The molecule has 0 saturated carbocycles. The third-order valence-corrected chi connectivity index (χ3v) is 1.47. The van der Waals surface area contributed by atoms with E-state index in [2.05, 4.69) is 6.58 Å². The molecule has 0 bridgehead atoms. The molecule has 0 fully saturated rings. The van der Waals surface area contributed by atoms with Crippen LogP contribution >= 0.6 is 0 Å². The second-order valence-electron chi connectivity index (χ2n) is 2.95. The smallest absolute Gasteiger partial charge is 0.333 e. The van der Waals surface area contributed by atoms with Gasteiger partial charge in [0.05, 0.1) is 6.61 Å². The molecule has 12 heavy (non-hydrogen) atoms. The zero-order valence-corrected chi connectivity index (χ0v) is 7.62. The molecule has 0 aromatic carbocycles. The van der Waals surface area contributed by atoms with Crippen LogP contribution in [-0.2, 0) is 9.53 Å². The van der Waals surface area contributed by atoms with Gasteiger partial charge in [-0.1, -0.05) is 19.9 Å². The normalized spacial score (nSPS) is 12.9. The van der Waals surface area contributed by atoms with Gasteiger partial charge < -0.3 is 9.84 Å². The molecule has 0 rings (SSSR count). The second kappa shape index (κ2) is 5.77. The molecule has 0 amide bonds. The van der Waals surface area contributed by atoms with E-state index < -0.39 is 12.1 Å². The lowest BCUT2D eigenvalue weighted by atomic mass is 10.1. The molecule has 1 unspecified atom stereocenters. The van der Waals surface area contributed by atoms with Gasteiger partial charge in [-0.2, -0.15) is 0 Å². The molecule has 0 aromatic rings. The summed E-state index contributed by atoms with van der Waals surface area (Å²) in [5.74, 6) is -0.888. The predicted octanol–water partition coefficient (Wildman–Crippen LogP) is 1.69. The summed E-state index contributed by atoms with van der Waals surface area (Å²) >= 11 is 0. The molecule has 0 aliphatic heterocycles. The van der Waals surface area contributed by atoms with E-state index in [1.165, 1.54) is 0 Å². The average Bonchev–Trinajstić information content (AvgIpc) is 1.96. The minimum absolute atomic E-state index is 0.00677. The molecule has 3 heteroatoms. The van der Waals surface area contributed by atoms with Gasteiger partial charge in [-0.3, -0.25) is 0 Å². The second-order valence-corrected chi connectivity index (χ2v) is 2.95. The van der Waals surface area contributed by atoms with Crippen molar-refractivity contribution in [2.45, 2.75) is 26.4 Å². The first-order valence-corrected chi connectivity index (χ1v) is 4.05. The number of hydrogen-bond donors (Lipinski definition) is 1. The van der Waals surface area contributed by atoms with E-state index in [0.717, 1.165) is 0 Å². The molecule has 1 atom stereocenters. The van der Waals surface area contributed by atoms with Crippen molar-refractivity contribution in [2.75, 3.05) is 6.61 Å². The minimum Gasteiger partial charge on any atom is -0.479 e. The van der Waals surface area contributed by atoms with Gasteiger partial charge in [-0.15, -0.1) is 6.58 Å². The summed E-state index contributed by atoms with van der Waals surface area (Å²) in [4.78, 5) is 10.6. The van der Waals surface area contributed by atoms with Crippen molar-refractivity contribution in [2.24, 2.45) is 5.92 Å². The fraction of sp³-hybridized carbons (Fsp3) is 0.667. The highest BCUT2D eigenvalue weighted by atomic mass is 16.5. The number of carboxylic acids is 1. The van der Waals surface area contributed by atoms with Gasteiger partial charge in [-0.25, -0.2) is 4.79 Å². The van der Waals surface area contributed by atoms with Gasteiger partial charge in [0, 0.05) is 0 Å². The standard InChI is InChI=1S/C9H16O3/c1-4-5-6-12-8(7(2)3)9(10)11/h4,7-8H,1,5-6H2,2-3H3,(H,10,11). The van der Waals surface area contributed by atoms with Crippen molar-refractivity contribution in [3.8, 4) is 0 Å². The summed E-state index contributed by atoms with van der Waals surface area (Å²) in [5, 5.41) is 8.69. The molecule has 0 aromatic heterocycles. The van der Waals surface area contributed by atoms with Crippen molar-refractivity contribution in [3.05, 3.63) is 12.7 Å². The molecule has 0 aliphatic carbocycles. The number of hydrogen-bond acceptors (Lipinski definition) is 2. The number of carbonyl (C=O) groups is 1. The van der Waals surface area contributed by atoms with Gasteiger partial charge >= 0.3 is 5.97 Å². The summed E-state index contributed by atoms with van der Waals surface area (Å²) in [5.41, 5.74) is 0. The molecule has 0 heterocycles. The van der Waals surface area contributed by atoms with Crippen LogP contribution in [0.1, 0.15) is 20.3 Å². The Morgan fingerprint density at radius 1 is 1.67 bits per heavy atom. The van der Waals surface area contributed by atoms with Crippen molar-refractivity contribution in [1.82, 2.24) is 0 Å². The Labute approximate surface area is 73.0 Å². The van der Waals surface area contributed by atoms with E-state index in [-0.39, 0.29) is 5.92 Å². The van der Waals surface area contributed by atoms with E-state index >= 15 is 0 Å². The molecule has 0 radical (unpaired) electrons. The van der Waals surface area contributed by atoms with Crippen LogP contribution in [0.2, 0.25) is 0 Å². The lowest BCUT2D eigenvalue weighted by Crippen LogP contribution is -2.29. The highest BCUT2D eigenvalue weighted by Gasteiger charge is 2.21. The Morgan fingerprint density at radius 2 is 2.25 bits per heavy atom. The first-order valence-electron chi connectivity index (χ1n) is 4.05. The van der Waals surface area contributed by atoms with E-state index in [1.54, 1.807) is 6.08 Å². The fourth-order valence-electron chi connectivity index (χ4n) is 0.827. The Kier molecular flexibility index (Phi) is 5.37. The van der Waals surface area contributed by atoms with Gasteiger partial charge in [-0.05, 0) is 12.3 Å². The van der Waals surface area contributed by atoms with Crippen LogP contribution in [0.5, 0.6) is 0 Å². The van der Waals surface area contributed by atoms with Gasteiger partial charge in [0.15, 0.2) is 6.10 Å². The molecular formula is C9H16O3. The zero-order valence-electron chi connectivity index (χ0n) is 7.62. The number of rotatable bonds is 6. The summed E-state index contributed by atoms with van der Waals surface area (Å²) in [6.07, 6.45) is 1.71. The van der Waals surface area contributed by atoms with Crippen molar-refractivity contribution in [1.29, 1.82) is 0 Å². The van der Waals surface area contributed by atoms with Crippen LogP contribution in [0.25, 0.3) is 0 Å². The molecule has 1 N–H and O–H groups in total. The number of ether oxygens (including phenoxy) is 1. The van der Waals surface area contributed by atoms with Crippen LogP contribution in [-0.4, -0.2) is 23.8 Å². The molecule has 0 spiro atoms. The first kappa shape index (κ1) is 11.2. The quantitative estimate of drug-likeness (QED) is 0.490. The summed E-state index contributed by atoms with van der Waals surface area (Å²) in [6, 6.07) is 0.